The summed E-state index contributed by atoms with van der Waals surface area (Å²) in [5.74, 6) is -0.176. The lowest BCUT2D eigenvalue weighted by atomic mass is 10.2. The average molecular weight is 273 g/mol. The first kappa shape index (κ1) is 13.0. The van der Waals surface area contributed by atoms with Gasteiger partial charge in [-0.05, 0) is 37.5 Å². The van der Waals surface area contributed by atoms with Crippen LogP contribution in [0.3, 0.4) is 0 Å². The molecule has 2 saturated heterocycles. The second kappa shape index (κ2) is 5.53. The number of nitrogens with one attached hydrogen (secondary N) is 2. The van der Waals surface area contributed by atoms with Gasteiger partial charge in [0.15, 0.2) is 0 Å². The Morgan fingerprint density at radius 2 is 2.10 bits per heavy atom. The molecule has 0 bridgehead atoms. The van der Waals surface area contributed by atoms with Gasteiger partial charge in [0.1, 0.15) is 6.04 Å². The Morgan fingerprint density at radius 3 is 2.80 bits per heavy atom. The maximum absolute atomic E-state index is 12.1. The highest BCUT2D eigenvalue weighted by atomic mass is 16.2. The van der Waals surface area contributed by atoms with Gasteiger partial charge < -0.3 is 15.5 Å². The van der Waals surface area contributed by atoms with Crippen LogP contribution in [-0.4, -0.2) is 30.9 Å². The molecule has 0 saturated carbocycles. The van der Waals surface area contributed by atoms with E-state index < -0.39 is 6.04 Å². The Hall–Kier alpha value is -2.04. The second-order valence-corrected chi connectivity index (χ2v) is 5.39. The third kappa shape index (κ3) is 2.76. The van der Waals surface area contributed by atoms with Gasteiger partial charge >= 0.3 is 0 Å². The van der Waals surface area contributed by atoms with Crippen molar-refractivity contribution in [2.45, 2.75) is 31.7 Å². The molecule has 3 rings (SSSR count). The van der Waals surface area contributed by atoms with E-state index in [0.29, 0.717) is 12.8 Å². The smallest absolute Gasteiger partial charge is 0.246 e. The van der Waals surface area contributed by atoms with Crippen molar-refractivity contribution in [1.82, 2.24) is 5.32 Å². The predicted octanol–water partition coefficient (Wildman–Crippen LogP) is 1.50. The van der Waals surface area contributed by atoms with Crippen LogP contribution < -0.4 is 15.5 Å². The Morgan fingerprint density at radius 1 is 1.30 bits per heavy atom. The summed E-state index contributed by atoms with van der Waals surface area (Å²) >= 11 is 0. The molecular weight excluding hydrogens is 254 g/mol. The van der Waals surface area contributed by atoms with Crippen LogP contribution in [0.5, 0.6) is 0 Å². The van der Waals surface area contributed by atoms with Crippen LogP contribution in [0.15, 0.2) is 24.3 Å². The van der Waals surface area contributed by atoms with Crippen LogP contribution in [-0.2, 0) is 9.59 Å². The summed E-state index contributed by atoms with van der Waals surface area (Å²) in [7, 11) is 0. The van der Waals surface area contributed by atoms with Gasteiger partial charge in [0.25, 0.3) is 0 Å². The summed E-state index contributed by atoms with van der Waals surface area (Å²) in [4.78, 5) is 25.5. The molecule has 2 aliphatic heterocycles. The molecule has 2 N–H and O–H groups in total. The van der Waals surface area contributed by atoms with Crippen LogP contribution in [0.2, 0.25) is 0 Å². The number of rotatable bonds is 3. The molecule has 0 spiro atoms. The van der Waals surface area contributed by atoms with E-state index in [0.717, 1.165) is 24.5 Å². The van der Waals surface area contributed by atoms with Gasteiger partial charge in [-0.2, -0.15) is 0 Å². The van der Waals surface area contributed by atoms with E-state index in [-0.39, 0.29) is 11.8 Å². The van der Waals surface area contributed by atoms with Gasteiger partial charge in [-0.25, -0.2) is 0 Å². The van der Waals surface area contributed by atoms with Crippen LogP contribution >= 0.6 is 0 Å². The highest BCUT2D eigenvalue weighted by molar-refractivity contribution is 5.99. The third-order valence-electron chi connectivity index (χ3n) is 3.90. The molecule has 106 valence electrons. The number of hydrogen-bond acceptors (Lipinski definition) is 3. The summed E-state index contributed by atoms with van der Waals surface area (Å²) in [6, 6.07) is 7.52. The van der Waals surface area contributed by atoms with Gasteiger partial charge in [0.05, 0.1) is 0 Å². The van der Waals surface area contributed by atoms with E-state index in [1.807, 2.05) is 18.2 Å². The number of nitrogens with zero attached hydrogens (tertiary/aromatic N) is 1. The molecule has 0 radical (unpaired) electrons. The topological polar surface area (TPSA) is 61.4 Å². The first-order valence-corrected chi connectivity index (χ1v) is 7.17. The molecule has 1 aromatic rings. The zero-order valence-corrected chi connectivity index (χ0v) is 11.4. The maximum atomic E-state index is 12.1. The first-order valence-electron chi connectivity index (χ1n) is 7.17. The molecule has 1 atom stereocenters. The maximum Gasteiger partial charge on any atom is 0.246 e. The van der Waals surface area contributed by atoms with Gasteiger partial charge in [0.2, 0.25) is 11.8 Å². The quantitative estimate of drug-likeness (QED) is 0.877. The molecular formula is C15H19N3O2. The molecule has 2 amide bonds. The van der Waals surface area contributed by atoms with Gasteiger partial charge in [-0.15, -0.1) is 0 Å². The highest BCUT2D eigenvalue weighted by Crippen LogP contribution is 2.23. The van der Waals surface area contributed by atoms with Gasteiger partial charge in [-0.3, -0.25) is 9.59 Å². The van der Waals surface area contributed by atoms with E-state index in [9.17, 15) is 9.59 Å². The lowest BCUT2D eigenvalue weighted by molar-refractivity contribution is -0.122. The lowest BCUT2D eigenvalue weighted by Gasteiger charge is -2.19. The summed E-state index contributed by atoms with van der Waals surface area (Å²) in [5.41, 5.74) is 1.94. The summed E-state index contributed by atoms with van der Waals surface area (Å²) < 4.78 is 0. The molecule has 5 nitrogen and oxygen atoms in total. The Labute approximate surface area is 118 Å². The molecule has 2 heterocycles. The Kier molecular flexibility index (Phi) is 3.58. The standard InChI is InChI=1S/C15H19N3O2/c19-14-7-6-13(17-14)15(20)16-11-4-3-5-12(10-11)18-8-1-2-9-18/h3-5,10,13H,1-2,6-9H2,(H,16,20)(H,17,19). The molecule has 1 aromatic carbocycles. The summed E-state index contributed by atoms with van der Waals surface area (Å²) in [6.45, 7) is 2.16. The van der Waals surface area contributed by atoms with Crippen molar-refractivity contribution in [3.8, 4) is 0 Å². The molecule has 1 unspecified atom stereocenters. The zero-order valence-electron chi connectivity index (χ0n) is 11.4. The minimum absolute atomic E-state index is 0.0454. The van der Waals surface area contributed by atoms with E-state index in [4.69, 9.17) is 0 Å². The number of amides is 2. The molecule has 2 aliphatic rings. The van der Waals surface area contributed by atoms with Crippen LogP contribution in [0, 0.1) is 0 Å². The van der Waals surface area contributed by atoms with Crippen LogP contribution in [0.4, 0.5) is 11.4 Å². The molecule has 0 aliphatic carbocycles. The fourth-order valence-electron chi connectivity index (χ4n) is 2.80. The molecule has 2 fully saturated rings. The predicted molar refractivity (Wildman–Crippen MR) is 77.7 cm³/mol. The highest BCUT2D eigenvalue weighted by Gasteiger charge is 2.27. The average Bonchev–Trinajstić information content (AvgIpc) is 3.10. The van der Waals surface area contributed by atoms with Crippen molar-refractivity contribution in [2.75, 3.05) is 23.3 Å². The molecule has 20 heavy (non-hydrogen) atoms. The first-order chi connectivity index (χ1) is 9.72. The van der Waals surface area contributed by atoms with Crippen LogP contribution in [0.1, 0.15) is 25.7 Å². The van der Waals surface area contributed by atoms with E-state index in [1.165, 1.54) is 12.8 Å². The van der Waals surface area contributed by atoms with Crippen LogP contribution in [0.25, 0.3) is 0 Å². The molecule has 5 heteroatoms. The van der Waals surface area contributed by atoms with E-state index in [2.05, 4.69) is 21.6 Å². The summed E-state index contributed by atoms with van der Waals surface area (Å²) in [5, 5.41) is 5.57. The van der Waals surface area contributed by atoms with Crippen molar-refractivity contribution in [2.24, 2.45) is 0 Å². The van der Waals surface area contributed by atoms with Crippen molar-refractivity contribution < 1.29 is 9.59 Å². The van der Waals surface area contributed by atoms with Crippen molar-refractivity contribution in [3.63, 3.8) is 0 Å². The monoisotopic (exact) mass is 273 g/mol. The zero-order chi connectivity index (χ0) is 13.9. The number of benzene rings is 1. The molecule has 0 aromatic heterocycles. The minimum Gasteiger partial charge on any atom is -0.371 e. The number of carbonyl (C=O) groups is 2. The number of hydrogen-bond donors (Lipinski definition) is 2. The normalized spacial score (nSPS) is 21.9. The fraction of sp³-hybridized carbons (Fsp3) is 0.467. The SMILES string of the molecule is O=C1CCC(C(=O)Nc2cccc(N3CCCC3)c2)N1. The van der Waals surface area contributed by atoms with Gasteiger partial charge in [0, 0.05) is 30.9 Å². The minimum atomic E-state index is -0.391. The van der Waals surface area contributed by atoms with Crippen molar-refractivity contribution in [3.05, 3.63) is 24.3 Å². The Balaban J connectivity index is 1.66. The van der Waals surface area contributed by atoms with Crippen molar-refractivity contribution in [1.29, 1.82) is 0 Å². The summed E-state index contributed by atoms with van der Waals surface area (Å²) in [6.07, 6.45) is 3.47. The van der Waals surface area contributed by atoms with Gasteiger partial charge in [-0.1, -0.05) is 6.07 Å². The van der Waals surface area contributed by atoms with Crippen molar-refractivity contribution >= 4 is 23.2 Å². The van der Waals surface area contributed by atoms with E-state index >= 15 is 0 Å². The number of carbonyl (C=O) groups excluding carboxylic acids is 2. The number of anilines is 2. The second-order valence-electron chi connectivity index (χ2n) is 5.39. The largest absolute Gasteiger partial charge is 0.371 e. The Bertz CT molecular complexity index is 524. The fourth-order valence-corrected chi connectivity index (χ4v) is 2.80. The third-order valence-corrected chi connectivity index (χ3v) is 3.90. The lowest BCUT2D eigenvalue weighted by Crippen LogP contribution is -2.37. The van der Waals surface area contributed by atoms with E-state index in [1.54, 1.807) is 0 Å².